The molecule has 0 bridgehead atoms. The largest absolute Gasteiger partial charge is 0.311 e. The first-order valence-corrected chi connectivity index (χ1v) is 9.03. The molecule has 19 heavy (non-hydrogen) atoms. The van der Waals surface area contributed by atoms with E-state index in [1.165, 1.54) is 42.2 Å². The fraction of sp³-hybridized carbons (Fsp3) is 0.733. The van der Waals surface area contributed by atoms with Crippen LogP contribution < -0.4 is 5.32 Å². The molecule has 1 saturated heterocycles. The molecule has 1 aromatic rings. The molecule has 2 nitrogen and oxygen atoms in total. The summed E-state index contributed by atoms with van der Waals surface area (Å²) in [6.45, 7) is 12.7. The van der Waals surface area contributed by atoms with Crippen molar-refractivity contribution in [3.05, 3.63) is 21.9 Å². The Balaban J connectivity index is 1.64. The van der Waals surface area contributed by atoms with Gasteiger partial charge < -0.3 is 10.2 Å². The summed E-state index contributed by atoms with van der Waals surface area (Å²) < 4.78 is 0.469. The van der Waals surface area contributed by atoms with Crippen LogP contribution in [0.3, 0.4) is 0 Å². The van der Waals surface area contributed by atoms with E-state index in [4.69, 9.17) is 0 Å². The highest BCUT2D eigenvalue weighted by Gasteiger charge is 2.23. The van der Waals surface area contributed by atoms with Crippen LogP contribution in [0.2, 0.25) is 0 Å². The van der Waals surface area contributed by atoms with Gasteiger partial charge in [0.2, 0.25) is 0 Å². The van der Waals surface area contributed by atoms with Crippen molar-refractivity contribution in [3.63, 3.8) is 0 Å². The van der Waals surface area contributed by atoms with E-state index in [9.17, 15) is 0 Å². The summed E-state index contributed by atoms with van der Waals surface area (Å²) in [5.41, 5.74) is 1.42. The lowest BCUT2D eigenvalue weighted by Gasteiger charge is -2.22. The van der Waals surface area contributed by atoms with Crippen LogP contribution in [-0.2, 0) is 6.54 Å². The van der Waals surface area contributed by atoms with Crippen LogP contribution in [0.1, 0.15) is 30.7 Å². The van der Waals surface area contributed by atoms with Crippen LogP contribution in [0.25, 0.3) is 0 Å². The molecule has 1 N–H and O–H groups in total. The monoisotopic (exact) mass is 298 g/mol. The lowest BCUT2D eigenvalue weighted by molar-refractivity contribution is 0.283. The van der Waals surface area contributed by atoms with Gasteiger partial charge in [-0.05, 0) is 36.9 Å². The molecule has 0 spiro atoms. The second kappa shape index (κ2) is 7.11. The van der Waals surface area contributed by atoms with E-state index in [2.05, 4.69) is 54.2 Å². The third kappa shape index (κ3) is 5.10. The summed E-state index contributed by atoms with van der Waals surface area (Å²) in [4.78, 5) is 4.09. The SMILES string of the molecule is Cc1ccsc1CNCCN1CCSC(C)(C)CC1. The fourth-order valence-corrected chi connectivity index (χ4v) is 4.32. The predicted octanol–water partition coefficient (Wildman–Crippen LogP) is 3.36. The van der Waals surface area contributed by atoms with Crippen molar-refractivity contribution in [2.24, 2.45) is 0 Å². The molecule has 1 fully saturated rings. The first-order chi connectivity index (χ1) is 9.07. The van der Waals surface area contributed by atoms with Crippen molar-refractivity contribution in [2.45, 2.75) is 38.5 Å². The van der Waals surface area contributed by atoms with Crippen LogP contribution in [0.4, 0.5) is 0 Å². The second-order valence-electron chi connectivity index (χ2n) is 5.90. The van der Waals surface area contributed by atoms with Crippen LogP contribution in [-0.4, -0.2) is 41.6 Å². The standard InChI is InChI=1S/C15H26N2S2/c1-13-4-10-18-14(13)12-16-6-8-17-7-5-15(2,3)19-11-9-17/h4,10,16H,5-9,11-12H2,1-3H3. The smallest absolute Gasteiger partial charge is 0.0302 e. The topological polar surface area (TPSA) is 15.3 Å². The molecule has 0 unspecified atom stereocenters. The molecule has 4 heteroatoms. The Hall–Kier alpha value is -0.0300. The van der Waals surface area contributed by atoms with E-state index < -0.39 is 0 Å². The Labute approximate surface area is 126 Å². The maximum atomic E-state index is 3.58. The highest BCUT2D eigenvalue weighted by atomic mass is 32.2. The molecule has 2 rings (SSSR count). The number of thiophene rings is 1. The predicted molar refractivity (Wildman–Crippen MR) is 88.4 cm³/mol. The molecule has 1 aliphatic heterocycles. The van der Waals surface area contributed by atoms with Gasteiger partial charge in [0.05, 0.1) is 0 Å². The van der Waals surface area contributed by atoms with E-state index in [1.54, 1.807) is 0 Å². The van der Waals surface area contributed by atoms with Crippen LogP contribution in [0.15, 0.2) is 11.4 Å². The first kappa shape index (κ1) is 15.4. The zero-order chi connectivity index (χ0) is 13.7. The van der Waals surface area contributed by atoms with E-state index >= 15 is 0 Å². The minimum Gasteiger partial charge on any atom is -0.311 e. The lowest BCUT2D eigenvalue weighted by atomic mass is 10.1. The fourth-order valence-electron chi connectivity index (χ4n) is 2.31. The maximum absolute atomic E-state index is 3.58. The zero-order valence-corrected chi connectivity index (χ0v) is 14.0. The number of hydrogen-bond donors (Lipinski definition) is 1. The number of rotatable bonds is 5. The van der Waals surface area contributed by atoms with Crippen molar-refractivity contribution in [1.82, 2.24) is 10.2 Å². The van der Waals surface area contributed by atoms with Gasteiger partial charge in [-0.1, -0.05) is 13.8 Å². The summed E-state index contributed by atoms with van der Waals surface area (Å²) in [6, 6.07) is 2.20. The Morgan fingerprint density at radius 1 is 1.37 bits per heavy atom. The molecule has 0 amide bonds. The third-order valence-corrected chi connectivity index (χ3v) is 6.18. The molecule has 0 saturated carbocycles. The number of aryl methyl sites for hydroxylation is 1. The van der Waals surface area contributed by atoms with Gasteiger partial charge in [0.25, 0.3) is 0 Å². The Bertz CT molecular complexity index is 387. The molecular formula is C15H26N2S2. The van der Waals surface area contributed by atoms with Crippen molar-refractivity contribution >= 4 is 23.1 Å². The zero-order valence-electron chi connectivity index (χ0n) is 12.4. The van der Waals surface area contributed by atoms with Gasteiger partial charge in [-0.15, -0.1) is 11.3 Å². The van der Waals surface area contributed by atoms with Gasteiger partial charge in [0.1, 0.15) is 0 Å². The van der Waals surface area contributed by atoms with Gasteiger partial charge in [0, 0.05) is 41.6 Å². The van der Waals surface area contributed by atoms with Crippen molar-refractivity contribution in [2.75, 3.05) is 31.9 Å². The van der Waals surface area contributed by atoms with Gasteiger partial charge in [-0.2, -0.15) is 11.8 Å². The van der Waals surface area contributed by atoms with Crippen LogP contribution in [0, 0.1) is 6.92 Å². The van der Waals surface area contributed by atoms with Gasteiger partial charge in [-0.25, -0.2) is 0 Å². The van der Waals surface area contributed by atoms with Crippen molar-refractivity contribution < 1.29 is 0 Å². The number of nitrogens with one attached hydrogen (secondary N) is 1. The summed E-state index contributed by atoms with van der Waals surface area (Å²) in [6.07, 6.45) is 1.31. The third-order valence-electron chi connectivity index (χ3n) is 3.79. The molecule has 0 radical (unpaired) electrons. The molecule has 1 aromatic heterocycles. The molecule has 0 aromatic carbocycles. The normalized spacial score (nSPS) is 20.4. The molecule has 108 valence electrons. The quantitative estimate of drug-likeness (QED) is 0.839. The number of thioether (sulfide) groups is 1. The maximum Gasteiger partial charge on any atom is 0.0302 e. The Morgan fingerprint density at radius 2 is 2.21 bits per heavy atom. The summed E-state index contributed by atoms with van der Waals surface area (Å²) in [5.74, 6) is 1.27. The van der Waals surface area contributed by atoms with Crippen LogP contribution in [0.5, 0.6) is 0 Å². The van der Waals surface area contributed by atoms with Gasteiger partial charge in [-0.3, -0.25) is 0 Å². The van der Waals surface area contributed by atoms with Crippen molar-refractivity contribution in [1.29, 1.82) is 0 Å². The highest BCUT2D eigenvalue weighted by molar-refractivity contribution is 8.00. The molecule has 1 aliphatic rings. The first-order valence-electron chi connectivity index (χ1n) is 7.17. The molecule has 0 aliphatic carbocycles. The van der Waals surface area contributed by atoms with E-state index in [0.717, 1.165) is 13.1 Å². The highest BCUT2D eigenvalue weighted by Crippen LogP contribution is 2.30. The summed E-state index contributed by atoms with van der Waals surface area (Å²) in [7, 11) is 0. The van der Waals surface area contributed by atoms with Crippen molar-refractivity contribution in [3.8, 4) is 0 Å². The Kier molecular flexibility index (Phi) is 5.75. The molecular weight excluding hydrogens is 272 g/mol. The van der Waals surface area contributed by atoms with E-state index in [0.29, 0.717) is 4.75 Å². The van der Waals surface area contributed by atoms with E-state index in [1.807, 2.05) is 11.3 Å². The lowest BCUT2D eigenvalue weighted by Crippen LogP contribution is -2.34. The minimum absolute atomic E-state index is 0.469. The second-order valence-corrected chi connectivity index (χ2v) is 8.71. The molecule has 2 heterocycles. The summed E-state index contributed by atoms with van der Waals surface area (Å²) in [5, 5.41) is 5.76. The van der Waals surface area contributed by atoms with E-state index in [-0.39, 0.29) is 0 Å². The van der Waals surface area contributed by atoms with Gasteiger partial charge >= 0.3 is 0 Å². The van der Waals surface area contributed by atoms with Gasteiger partial charge in [0.15, 0.2) is 0 Å². The minimum atomic E-state index is 0.469. The molecule has 0 atom stereocenters. The average Bonchev–Trinajstić information content (AvgIpc) is 2.67. The Morgan fingerprint density at radius 3 is 2.95 bits per heavy atom. The summed E-state index contributed by atoms with van der Waals surface area (Å²) >= 11 is 3.98. The average molecular weight is 299 g/mol. The van der Waals surface area contributed by atoms with Crippen LogP contribution >= 0.6 is 23.1 Å². The number of hydrogen-bond acceptors (Lipinski definition) is 4. The number of nitrogens with zero attached hydrogens (tertiary/aromatic N) is 1.